The molecule has 0 spiro atoms. The summed E-state index contributed by atoms with van der Waals surface area (Å²) in [6, 6.07) is 5.30. The molecule has 2 heterocycles. The van der Waals surface area contributed by atoms with Crippen molar-refractivity contribution in [1.29, 1.82) is 0 Å². The van der Waals surface area contributed by atoms with Crippen molar-refractivity contribution in [2.45, 2.75) is 10.7 Å². The molecular weight excluding hydrogens is 391 g/mol. The van der Waals surface area contributed by atoms with E-state index in [4.69, 9.17) is 4.42 Å². The first-order valence-electron chi connectivity index (χ1n) is 7.34. The van der Waals surface area contributed by atoms with E-state index < -0.39 is 34.3 Å². The highest BCUT2D eigenvalue weighted by atomic mass is 32.2. The summed E-state index contributed by atoms with van der Waals surface area (Å²) in [4.78, 5) is 6.99. The first-order chi connectivity index (χ1) is 12.9. The molecule has 0 aliphatic carbocycles. The molecule has 4 aromatic rings. The zero-order valence-corrected chi connectivity index (χ0v) is 13.8. The summed E-state index contributed by atoms with van der Waals surface area (Å²) >= 11 is 0.230. The standard InChI is InChI=1S/C16H7F5N4OS/c17-8-4-7(11(18)13(20)12(8)19)14(21)27-16-25-24-15(26-16)6-1-2-9-10(3-6)23-5-22-9/h1-5,14H,(H,22,23). The minimum atomic E-state index is -2.29. The molecule has 27 heavy (non-hydrogen) atoms. The molecule has 0 saturated carbocycles. The van der Waals surface area contributed by atoms with E-state index >= 15 is 0 Å². The lowest BCUT2D eigenvalue weighted by molar-refractivity contribution is 0.381. The predicted octanol–water partition coefficient (Wildman–Crippen LogP) is 4.93. The maximum atomic E-state index is 14.3. The van der Waals surface area contributed by atoms with E-state index in [-0.39, 0.29) is 28.9 Å². The fraction of sp³-hybridized carbons (Fsp3) is 0.0625. The molecule has 1 unspecified atom stereocenters. The van der Waals surface area contributed by atoms with Gasteiger partial charge in [-0.1, -0.05) is 0 Å². The number of hydrogen-bond acceptors (Lipinski definition) is 5. The Kier molecular flexibility index (Phi) is 4.30. The molecule has 0 fully saturated rings. The van der Waals surface area contributed by atoms with Crippen LogP contribution in [-0.4, -0.2) is 20.2 Å². The fourth-order valence-electron chi connectivity index (χ4n) is 2.35. The molecule has 5 nitrogen and oxygen atoms in total. The molecule has 0 aliphatic heterocycles. The number of alkyl halides is 1. The summed E-state index contributed by atoms with van der Waals surface area (Å²) in [7, 11) is 0. The Balaban J connectivity index is 1.59. The number of H-pyrrole nitrogens is 1. The summed E-state index contributed by atoms with van der Waals surface area (Å²) in [5.41, 5.74) is -1.37. The smallest absolute Gasteiger partial charge is 0.280 e. The van der Waals surface area contributed by atoms with Crippen LogP contribution in [0.4, 0.5) is 22.0 Å². The van der Waals surface area contributed by atoms with Crippen LogP contribution in [0.25, 0.3) is 22.5 Å². The number of aromatic amines is 1. The quantitative estimate of drug-likeness (QED) is 0.229. The Hall–Kier alpha value is -2.95. The number of nitrogens with zero attached hydrogens (tertiary/aromatic N) is 3. The van der Waals surface area contributed by atoms with E-state index in [1.807, 2.05) is 0 Å². The van der Waals surface area contributed by atoms with Crippen LogP contribution < -0.4 is 0 Å². The Labute approximate surface area is 151 Å². The lowest BCUT2D eigenvalue weighted by Crippen LogP contribution is -2.02. The molecular formula is C16H7F5N4OS. The minimum Gasteiger partial charge on any atom is -0.411 e. The van der Waals surface area contributed by atoms with Crippen LogP contribution >= 0.6 is 11.8 Å². The summed E-state index contributed by atoms with van der Waals surface area (Å²) in [5.74, 6) is -7.58. The third-order valence-corrected chi connectivity index (χ3v) is 4.48. The number of nitrogens with one attached hydrogen (secondary N) is 1. The Morgan fingerprint density at radius 1 is 1.00 bits per heavy atom. The van der Waals surface area contributed by atoms with Gasteiger partial charge in [0, 0.05) is 11.1 Å². The van der Waals surface area contributed by atoms with Gasteiger partial charge >= 0.3 is 0 Å². The molecule has 2 aromatic heterocycles. The topological polar surface area (TPSA) is 67.6 Å². The van der Waals surface area contributed by atoms with Gasteiger partial charge in [0.2, 0.25) is 5.89 Å². The second kappa shape index (κ2) is 6.65. The molecule has 0 radical (unpaired) electrons. The van der Waals surface area contributed by atoms with Crippen LogP contribution in [-0.2, 0) is 0 Å². The summed E-state index contributed by atoms with van der Waals surface area (Å²) < 4.78 is 72.7. The van der Waals surface area contributed by atoms with Crippen molar-refractivity contribution in [3.05, 3.63) is 59.4 Å². The zero-order valence-electron chi connectivity index (χ0n) is 13.0. The normalized spacial score (nSPS) is 12.6. The Bertz CT molecular complexity index is 1150. The zero-order chi connectivity index (χ0) is 19.1. The largest absolute Gasteiger partial charge is 0.411 e. The van der Waals surface area contributed by atoms with Crippen molar-refractivity contribution in [3.8, 4) is 11.5 Å². The monoisotopic (exact) mass is 398 g/mol. The van der Waals surface area contributed by atoms with Crippen molar-refractivity contribution < 1.29 is 26.4 Å². The predicted molar refractivity (Wildman–Crippen MR) is 85.4 cm³/mol. The van der Waals surface area contributed by atoms with Gasteiger partial charge in [-0.2, -0.15) is 0 Å². The van der Waals surface area contributed by atoms with Crippen molar-refractivity contribution in [2.75, 3.05) is 0 Å². The number of rotatable bonds is 4. The van der Waals surface area contributed by atoms with Gasteiger partial charge in [-0.05, 0) is 36.0 Å². The van der Waals surface area contributed by atoms with Gasteiger partial charge in [0.1, 0.15) is 0 Å². The molecule has 1 N–H and O–H groups in total. The van der Waals surface area contributed by atoms with Gasteiger partial charge in [0.05, 0.1) is 17.4 Å². The highest BCUT2D eigenvalue weighted by Gasteiger charge is 2.26. The second-order valence-electron chi connectivity index (χ2n) is 5.33. The minimum absolute atomic E-state index is 0.0477. The third kappa shape index (κ3) is 3.14. The van der Waals surface area contributed by atoms with Crippen molar-refractivity contribution in [1.82, 2.24) is 20.2 Å². The molecule has 0 aliphatic rings. The van der Waals surface area contributed by atoms with Crippen LogP contribution in [0.5, 0.6) is 0 Å². The number of hydrogen-bond donors (Lipinski definition) is 1. The van der Waals surface area contributed by atoms with Gasteiger partial charge in [-0.15, -0.1) is 10.2 Å². The molecule has 138 valence electrons. The van der Waals surface area contributed by atoms with Crippen LogP contribution in [0.3, 0.4) is 0 Å². The number of aromatic nitrogens is 4. The highest BCUT2D eigenvalue weighted by molar-refractivity contribution is 7.99. The average molecular weight is 398 g/mol. The van der Waals surface area contributed by atoms with E-state index in [1.165, 1.54) is 6.33 Å². The van der Waals surface area contributed by atoms with Crippen molar-refractivity contribution in [2.24, 2.45) is 0 Å². The van der Waals surface area contributed by atoms with Gasteiger partial charge < -0.3 is 9.40 Å². The summed E-state index contributed by atoms with van der Waals surface area (Å²) in [6.45, 7) is 0. The molecule has 4 rings (SSSR count). The highest BCUT2D eigenvalue weighted by Crippen LogP contribution is 2.39. The van der Waals surface area contributed by atoms with Gasteiger partial charge in [0.15, 0.2) is 28.8 Å². The van der Waals surface area contributed by atoms with Crippen LogP contribution in [0.15, 0.2) is 40.2 Å². The Morgan fingerprint density at radius 3 is 2.63 bits per heavy atom. The molecule has 0 bridgehead atoms. The third-order valence-electron chi connectivity index (χ3n) is 3.65. The molecule has 0 saturated heterocycles. The van der Waals surface area contributed by atoms with Crippen LogP contribution in [0.2, 0.25) is 0 Å². The fourth-order valence-corrected chi connectivity index (χ4v) is 3.04. The summed E-state index contributed by atoms with van der Waals surface area (Å²) in [5, 5.41) is 7.06. The van der Waals surface area contributed by atoms with E-state index in [1.54, 1.807) is 18.2 Å². The average Bonchev–Trinajstić information content (AvgIpc) is 3.31. The van der Waals surface area contributed by atoms with E-state index in [2.05, 4.69) is 20.2 Å². The van der Waals surface area contributed by atoms with E-state index in [0.29, 0.717) is 11.1 Å². The maximum absolute atomic E-state index is 14.3. The first kappa shape index (κ1) is 17.5. The van der Waals surface area contributed by atoms with Gasteiger partial charge in [-0.25, -0.2) is 26.9 Å². The van der Waals surface area contributed by atoms with E-state index in [9.17, 15) is 22.0 Å². The van der Waals surface area contributed by atoms with Crippen LogP contribution in [0.1, 0.15) is 11.1 Å². The van der Waals surface area contributed by atoms with Gasteiger partial charge in [-0.3, -0.25) is 0 Å². The van der Waals surface area contributed by atoms with Crippen LogP contribution in [0, 0.1) is 23.3 Å². The number of halogens is 5. The lowest BCUT2D eigenvalue weighted by atomic mass is 10.2. The molecule has 2 aromatic carbocycles. The first-order valence-corrected chi connectivity index (χ1v) is 8.22. The van der Waals surface area contributed by atoms with Gasteiger partial charge in [0.25, 0.3) is 5.22 Å². The molecule has 1 atom stereocenters. The van der Waals surface area contributed by atoms with Crippen molar-refractivity contribution >= 4 is 22.8 Å². The number of imidazole rings is 1. The number of fused-ring (bicyclic) bond motifs is 1. The molecule has 0 amide bonds. The van der Waals surface area contributed by atoms with Crippen molar-refractivity contribution in [3.63, 3.8) is 0 Å². The second-order valence-corrected chi connectivity index (χ2v) is 6.33. The maximum Gasteiger partial charge on any atom is 0.280 e. The Morgan fingerprint density at radius 2 is 1.81 bits per heavy atom. The SMILES string of the molecule is Fc1cc(C(F)Sc2nnc(-c3ccc4[nH]cnc4c3)o2)c(F)c(F)c1F. The molecule has 11 heteroatoms. The number of benzene rings is 2. The number of thioether (sulfide) groups is 1. The summed E-state index contributed by atoms with van der Waals surface area (Å²) in [6.07, 6.45) is 1.51. The lowest BCUT2D eigenvalue weighted by Gasteiger charge is -2.08. The van der Waals surface area contributed by atoms with E-state index in [0.717, 1.165) is 5.52 Å².